The average molecular weight is 102 g/mol. The Balaban J connectivity index is 3.58. The second-order valence-electron chi connectivity index (χ2n) is 0.932. The van der Waals surface area contributed by atoms with E-state index in [0.29, 0.717) is 0 Å². The van der Waals surface area contributed by atoms with Gasteiger partial charge in [0.15, 0.2) is 5.76 Å². The van der Waals surface area contributed by atoms with Gasteiger partial charge in [0.2, 0.25) is 0 Å². The van der Waals surface area contributed by atoms with Crippen molar-refractivity contribution < 1.29 is 14.6 Å². The summed E-state index contributed by atoms with van der Waals surface area (Å²) in [5, 5.41) is 7.96. The van der Waals surface area contributed by atoms with Crippen molar-refractivity contribution in [2.75, 3.05) is 7.11 Å². The number of rotatable bonds is 2. The molecule has 0 saturated heterocycles. The molecule has 7 heavy (non-hydrogen) atoms. The highest BCUT2D eigenvalue weighted by atomic mass is 16.5. The highest BCUT2D eigenvalue weighted by Crippen LogP contribution is 1.86. The number of aliphatic carboxylic acids is 1. The van der Waals surface area contributed by atoms with Crippen LogP contribution < -0.4 is 0 Å². The Morgan fingerprint density at radius 2 is 2.29 bits per heavy atom. The molecule has 0 aromatic heterocycles. The van der Waals surface area contributed by atoms with Gasteiger partial charge < -0.3 is 9.84 Å². The first-order valence-electron chi connectivity index (χ1n) is 1.64. The Morgan fingerprint density at radius 1 is 1.86 bits per heavy atom. The molecule has 0 rings (SSSR count). The van der Waals surface area contributed by atoms with E-state index in [0.717, 1.165) is 0 Å². The molecule has 0 aliphatic heterocycles. The number of carboxylic acid groups (broad SMARTS) is 1. The lowest BCUT2D eigenvalue weighted by Gasteiger charge is -1.92. The molecule has 0 fully saturated rings. The van der Waals surface area contributed by atoms with E-state index in [-0.39, 0.29) is 5.76 Å². The monoisotopic (exact) mass is 102 g/mol. The van der Waals surface area contributed by atoms with E-state index >= 15 is 0 Å². The van der Waals surface area contributed by atoms with Crippen molar-refractivity contribution in [3.05, 3.63) is 12.3 Å². The SMILES string of the molecule is C=C(OC)C(=O)O. The molecule has 3 heteroatoms. The number of carbonyl (C=O) groups is 1. The minimum Gasteiger partial charge on any atom is -0.490 e. The summed E-state index contributed by atoms with van der Waals surface area (Å²) in [6, 6.07) is 0. The van der Waals surface area contributed by atoms with E-state index in [9.17, 15) is 4.79 Å². The second kappa shape index (κ2) is 2.23. The zero-order valence-corrected chi connectivity index (χ0v) is 3.97. The summed E-state index contributed by atoms with van der Waals surface area (Å²) in [4.78, 5) is 9.71. The molecule has 0 aromatic rings. The molecular formula is C4H6O3. The van der Waals surface area contributed by atoms with E-state index in [1.807, 2.05) is 0 Å². The Bertz CT molecular complexity index is 95.1. The minimum atomic E-state index is -1.12. The third-order valence-corrected chi connectivity index (χ3v) is 0.485. The summed E-state index contributed by atoms with van der Waals surface area (Å²) in [6.45, 7) is 3.05. The van der Waals surface area contributed by atoms with Crippen LogP contribution in [0, 0.1) is 0 Å². The molecule has 0 aromatic carbocycles. The maximum atomic E-state index is 9.71. The van der Waals surface area contributed by atoms with Crippen LogP contribution in [0.4, 0.5) is 0 Å². The zero-order chi connectivity index (χ0) is 5.86. The molecular weight excluding hydrogens is 96.0 g/mol. The second-order valence-corrected chi connectivity index (χ2v) is 0.932. The van der Waals surface area contributed by atoms with Crippen LogP contribution in [0.3, 0.4) is 0 Å². The highest BCUT2D eigenvalue weighted by Gasteiger charge is 1.98. The lowest BCUT2D eigenvalue weighted by molar-refractivity contribution is -0.136. The number of ether oxygens (including phenoxy) is 1. The summed E-state index contributed by atoms with van der Waals surface area (Å²) in [7, 11) is 1.26. The van der Waals surface area contributed by atoms with Crippen molar-refractivity contribution in [3.8, 4) is 0 Å². The summed E-state index contributed by atoms with van der Waals surface area (Å²) in [6.07, 6.45) is 0. The van der Waals surface area contributed by atoms with Gasteiger partial charge in [-0.05, 0) is 6.58 Å². The number of hydrogen-bond acceptors (Lipinski definition) is 2. The fraction of sp³-hybridized carbons (Fsp3) is 0.250. The number of hydrogen-bond donors (Lipinski definition) is 1. The summed E-state index contributed by atoms with van der Waals surface area (Å²) >= 11 is 0. The maximum Gasteiger partial charge on any atom is 0.370 e. The quantitative estimate of drug-likeness (QED) is 0.401. The molecule has 0 saturated carbocycles. The van der Waals surface area contributed by atoms with Gasteiger partial charge in [-0.15, -0.1) is 0 Å². The van der Waals surface area contributed by atoms with Gasteiger partial charge in [0.25, 0.3) is 0 Å². The largest absolute Gasteiger partial charge is 0.490 e. The van der Waals surface area contributed by atoms with Crippen molar-refractivity contribution in [1.82, 2.24) is 0 Å². The molecule has 0 radical (unpaired) electrons. The van der Waals surface area contributed by atoms with Crippen LogP contribution >= 0.6 is 0 Å². The molecule has 0 aliphatic carbocycles. The molecule has 0 bridgehead atoms. The predicted octanol–water partition coefficient (Wildman–Crippen LogP) is 0.231. The lowest BCUT2D eigenvalue weighted by atomic mass is 10.6. The first-order valence-corrected chi connectivity index (χ1v) is 1.64. The summed E-state index contributed by atoms with van der Waals surface area (Å²) in [5.74, 6) is -1.36. The molecule has 1 N–H and O–H groups in total. The van der Waals surface area contributed by atoms with Gasteiger partial charge in [0, 0.05) is 0 Å². The van der Waals surface area contributed by atoms with Crippen LogP contribution in [0.15, 0.2) is 12.3 Å². The molecule has 40 valence electrons. The number of carboxylic acids is 1. The topological polar surface area (TPSA) is 46.5 Å². The van der Waals surface area contributed by atoms with Crippen LogP contribution in [-0.2, 0) is 9.53 Å². The van der Waals surface area contributed by atoms with Gasteiger partial charge >= 0.3 is 5.97 Å². The van der Waals surface area contributed by atoms with Crippen molar-refractivity contribution in [2.45, 2.75) is 0 Å². The first kappa shape index (κ1) is 6.01. The molecule has 0 heterocycles. The van der Waals surface area contributed by atoms with Crippen LogP contribution in [0.25, 0.3) is 0 Å². The van der Waals surface area contributed by atoms with Crippen LogP contribution in [0.1, 0.15) is 0 Å². The van der Waals surface area contributed by atoms with Crippen LogP contribution in [0.2, 0.25) is 0 Å². The van der Waals surface area contributed by atoms with Crippen LogP contribution in [-0.4, -0.2) is 18.2 Å². The Labute approximate surface area is 41.2 Å². The fourth-order valence-corrected chi connectivity index (χ4v) is 0.0873. The lowest BCUT2D eigenvalue weighted by Crippen LogP contribution is -1.99. The van der Waals surface area contributed by atoms with Gasteiger partial charge in [-0.1, -0.05) is 0 Å². The minimum absolute atomic E-state index is 0.236. The van der Waals surface area contributed by atoms with Gasteiger partial charge in [-0.25, -0.2) is 4.79 Å². The van der Waals surface area contributed by atoms with E-state index in [2.05, 4.69) is 11.3 Å². The molecule has 3 nitrogen and oxygen atoms in total. The van der Waals surface area contributed by atoms with Gasteiger partial charge in [-0.3, -0.25) is 0 Å². The smallest absolute Gasteiger partial charge is 0.370 e. The van der Waals surface area contributed by atoms with Crippen molar-refractivity contribution in [3.63, 3.8) is 0 Å². The Kier molecular flexibility index (Phi) is 1.91. The van der Waals surface area contributed by atoms with Gasteiger partial charge in [0.05, 0.1) is 7.11 Å². The van der Waals surface area contributed by atoms with Gasteiger partial charge in [0.1, 0.15) is 0 Å². The highest BCUT2D eigenvalue weighted by molar-refractivity contribution is 5.83. The normalized spacial score (nSPS) is 7.57. The maximum absolute atomic E-state index is 9.71. The Hall–Kier alpha value is -0.990. The summed E-state index contributed by atoms with van der Waals surface area (Å²) in [5.41, 5.74) is 0. The molecule has 0 unspecified atom stereocenters. The van der Waals surface area contributed by atoms with E-state index in [4.69, 9.17) is 5.11 Å². The standard InChI is InChI=1S/C4H6O3/c1-3(7-2)4(5)6/h1H2,2H3,(H,5,6). The summed E-state index contributed by atoms with van der Waals surface area (Å²) < 4.78 is 4.22. The first-order chi connectivity index (χ1) is 3.18. The Morgan fingerprint density at radius 3 is 2.29 bits per heavy atom. The molecule has 0 spiro atoms. The van der Waals surface area contributed by atoms with E-state index < -0.39 is 5.97 Å². The molecule has 0 amide bonds. The van der Waals surface area contributed by atoms with E-state index in [1.54, 1.807) is 0 Å². The molecule has 0 atom stereocenters. The van der Waals surface area contributed by atoms with Crippen molar-refractivity contribution >= 4 is 5.97 Å². The third-order valence-electron chi connectivity index (χ3n) is 0.485. The molecule has 0 aliphatic rings. The zero-order valence-electron chi connectivity index (χ0n) is 3.97. The average Bonchev–Trinajstić information content (AvgIpc) is 1.65. The predicted molar refractivity (Wildman–Crippen MR) is 23.8 cm³/mol. The van der Waals surface area contributed by atoms with Crippen LogP contribution in [0.5, 0.6) is 0 Å². The van der Waals surface area contributed by atoms with Gasteiger partial charge in [-0.2, -0.15) is 0 Å². The van der Waals surface area contributed by atoms with Crippen molar-refractivity contribution in [1.29, 1.82) is 0 Å². The third kappa shape index (κ3) is 1.81. The number of methoxy groups -OCH3 is 1. The van der Waals surface area contributed by atoms with E-state index in [1.165, 1.54) is 7.11 Å². The van der Waals surface area contributed by atoms with Crippen molar-refractivity contribution in [2.24, 2.45) is 0 Å². The fourth-order valence-electron chi connectivity index (χ4n) is 0.0873.